The van der Waals surface area contributed by atoms with Crippen molar-refractivity contribution in [3.05, 3.63) is 29.8 Å². The molecule has 0 unspecified atom stereocenters. The third kappa shape index (κ3) is 2.74. The van der Waals surface area contributed by atoms with Crippen molar-refractivity contribution in [3.8, 4) is 5.75 Å². The number of hydrogen-bond acceptors (Lipinski definition) is 2. The summed E-state index contributed by atoms with van der Waals surface area (Å²) in [6.07, 6.45) is 2.15. The molecule has 13 heavy (non-hydrogen) atoms. The van der Waals surface area contributed by atoms with Crippen LogP contribution in [0.5, 0.6) is 5.75 Å². The Balaban J connectivity index is 2.67. The van der Waals surface area contributed by atoms with Gasteiger partial charge in [-0.05, 0) is 24.1 Å². The van der Waals surface area contributed by atoms with Gasteiger partial charge in [-0.1, -0.05) is 25.5 Å². The molecule has 1 aromatic rings. The van der Waals surface area contributed by atoms with Gasteiger partial charge in [-0.15, -0.1) is 0 Å². The van der Waals surface area contributed by atoms with E-state index in [0.717, 1.165) is 18.6 Å². The molecule has 72 valence electrons. The predicted octanol–water partition coefficient (Wildman–Crippen LogP) is 2.50. The smallest absolute Gasteiger partial charge is 0.118 e. The van der Waals surface area contributed by atoms with E-state index >= 15 is 0 Å². The second-order valence-corrected chi connectivity index (χ2v) is 3.17. The van der Waals surface area contributed by atoms with Crippen LogP contribution in [0, 0.1) is 0 Å². The summed E-state index contributed by atoms with van der Waals surface area (Å²) in [5, 5.41) is 0. The van der Waals surface area contributed by atoms with E-state index in [4.69, 9.17) is 10.5 Å². The molecule has 0 fully saturated rings. The quantitative estimate of drug-likeness (QED) is 0.770. The minimum absolute atomic E-state index is 0.163. The van der Waals surface area contributed by atoms with Crippen LogP contribution >= 0.6 is 0 Å². The van der Waals surface area contributed by atoms with Crippen LogP contribution in [0.25, 0.3) is 0 Å². The van der Waals surface area contributed by atoms with Crippen molar-refractivity contribution in [1.29, 1.82) is 0 Å². The van der Waals surface area contributed by atoms with E-state index in [-0.39, 0.29) is 6.04 Å². The zero-order valence-electron chi connectivity index (χ0n) is 8.29. The molecule has 1 rings (SSSR count). The van der Waals surface area contributed by atoms with Crippen LogP contribution in [0.2, 0.25) is 0 Å². The predicted molar refractivity (Wildman–Crippen MR) is 54.8 cm³/mol. The summed E-state index contributed by atoms with van der Waals surface area (Å²) in [5.41, 5.74) is 7.14. The van der Waals surface area contributed by atoms with E-state index in [9.17, 15) is 0 Å². The van der Waals surface area contributed by atoms with Crippen molar-refractivity contribution in [2.24, 2.45) is 5.73 Å². The lowest BCUT2D eigenvalue weighted by atomic mass is 10.0. The van der Waals surface area contributed by atoms with Crippen molar-refractivity contribution in [1.82, 2.24) is 0 Å². The second kappa shape index (κ2) is 4.87. The highest BCUT2D eigenvalue weighted by Crippen LogP contribution is 2.18. The highest BCUT2D eigenvalue weighted by Gasteiger charge is 2.03. The van der Waals surface area contributed by atoms with Gasteiger partial charge in [0.15, 0.2) is 0 Å². The van der Waals surface area contributed by atoms with Crippen molar-refractivity contribution in [2.75, 3.05) is 7.11 Å². The van der Waals surface area contributed by atoms with Crippen LogP contribution in [0.4, 0.5) is 0 Å². The largest absolute Gasteiger partial charge is 0.497 e. The Morgan fingerprint density at radius 2 is 1.92 bits per heavy atom. The molecule has 2 N–H and O–H groups in total. The first kappa shape index (κ1) is 10.1. The summed E-state index contributed by atoms with van der Waals surface area (Å²) in [7, 11) is 1.67. The zero-order valence-corrected chi connectivity index (χ0v) is 8.29. The lowest BCUT2D eigenvalue weighted by Gasteiger charge is -2.10. The molecule has 0 bridgehead atoms. The Morgan fingerprint density at radius 3 is 2.38 bits per heavy atom. The molecule has 0 heterocycles. The fourth-order valence-electron chi connectivity index (χ4n) is 1.33. The van der Waals surface area contributed by atoms with Gasteiger partial charge in [0.05, 0.1) is 7.11 Å². The van der Waals surface area contributed by atoms with Gasteiger partial charge in [-0.3, -0.25) is 0 Å². The highest BCUT2D eigenvalue weighted by molar-refractivity contribution is 5.28. The molecule has 2 heteroatoms. The molecule has 1 aromatic carbocycles. The van der Waals surface area contributed by atoms with Crippen LogP contribution in [0.1, 0.15) is 31.4 Å². The molecule has 0 saturated heterocycles. The monoisotopic (exact) mass is 179 g/mol. The number of benzene rings is 1. The summed E-state index contributed by atoms with van der Waals surface area (Å²) in [4.78, 5) is 0. The third-order valence-electron chi connectivity index (χ3n) is 2.14. The van der Waals surface area contributed by atoms with Gasteiger partial charge in [0.2, 0.25) is 0 Å². The molecule has 0 spiro atoms. The average Bonchev–Trinajstić information content (AvgIpc) is 2.18. The third-order valence-corrected chi connectivity index (χ3v) is 2.14. The van der Waals surface area contributed by atoms with Crippen LogP contribution in [0.3, 0.4) is 0 Å². The summed E-state index contributed by atoms with van der Waals surface area (Å²) < 4.78 is 5.07. The van der Waals surface area contributed by atoms with Gasteiger partial charge in [-0.2, -0.15) is 0 Å². The maximum atomic E-state index is 5.96. The van der Waals surface area contributed by atoms with E-state index in [1.807, 2.05) is 24.3 Å². The minimum Gasteiger partial charge on any atom is -0.497 e. The normalized spacial score (nSPS) is 12.5. The van der Waals surface area contributed by atoms with Gasteiger partial charge in [0, 0.05) is 6.04 Å². The van der Waals surface area contributed by atoms with E-state index in [0.29, 0.717) is 0 Å². The van der Waals surface area contributed by atoms with E-state index in [1.54, 1.807) is 7.11 Å². The topological polar surface area (TPSA) is 35.2 Å². The Hall–Kier alpha value is -1.02. The zero-order chi connectivity index (χ0) is 9.68. The highest BCUT2D eigenvalue weighted by atomic mass is 16.5. The number of nitrogens with two attached hydrogens (primary N) is 1. The van der Waals surface area contributed by atoms with Gasteiger partial charge < -0.3 is 10.5 Å². The van der Waals surface area contributed by atoms with Gasteiger partial charge in [0.1, 0.15) is 5.75 Å². The molecule has 1 atom stereocenters. The number of rotatable bonds is 4. The van der Waals surface area contributed by atoms with Crippen LogP contribution < -0.4 is 10.5 Å². The Kier molecular flexibility index (Phi) is 3.77. The average molecular weight is 179 g/mol. The first-order valence-corrected chi connectivity index (χ1v) is 4.67. The SMILES string of the molecule is CCC[C@@H](N)c1ccc(OC)cc1. The molecule has 2 nitrogen and oxygen atoms in total. The number of hydrogen-bond donors (Lipinski definition) is 1. The fourth-order valence-corrected chi connectivity index (χ4v) is 1.33. The summed E-state index contributed by atoms with van der Waals surface area (Å²) in [6, 6.07) is 8.12. The molecule has 0 amide bonds. The summed E-state index contributed by atoms with van der Waals surface area (Å²) in [6.45, 7) is 2.14. The molecule has 0 aliphatic heterocycles. The molecule has 0 saturated carbocycles. The van der Waals surface area contributed by atoms with E-state index < -0.39 is 0 Å². The molecule has 0 aromatic heterocycles. The fraction of sp³-hybridized carbons (Fsp3) is 0.455. The van der Waals surface area contributed by atoms with Gasteiger partial charge in [0.25, 0.3) is 0 Å². The summed E-state index contributed by atoms with van der Waals surface area (Å²) >= 11 is 0. The molecule has 0 aliphatic carbocycles. The van der Waals surface area contributed by atoms with Crippen LogP contribution in [-0.2, 0) is 0 Å². The second-order valence-electron chi connectivity index (χ2n) is 3.17. The first-order chi connectivity index (χ1) is 6.27. The Morgan fingerprint density at radius 1 is 1.31 bits per heavy atom. The first-order valence-electron chi connectivity index (χ1n) is 4.67. The van der Waals surface area contributed by atoms with Gasteiger partial charge >= 0.3 is 0 Å². The van der Waals surface area contributed by atoms with Gasteiger partial charge in [-0.25, -0.2) is 0 Å². The molecule has 0 radical (unpaired) electrons. The number of ether oxygens (including phenoxy) is 1. The van der Waals surface area contributed by atoms with Crippen LogP contribution in [0.15, 0.2) is 24.3 Å². The minimum atomic E-state index is 0.163. The maximum Gasteiger partial charge on any atom is 0.118 e. The van der Waals surface area contributed by atoms with E-state index in [1.165, 1.54) is 5.56 Å². The standard InChI is InChI=1S/C11H17NO/c1-3-4-11(12)9-5-7-10(13-2)8-6-9/h5-8,11H,3-4,12H2,1-2H3/t11-/m1/s1. The Bertz CT molecular complexity index is 243. The van der Waals surface area contributed by atoms with Crippen molar-refractivity contribution in [3.63, 3.8) is 0 Å². The van der Waals surface area contributed by atoms with E-state index in [2.05, 4.69) is 6.92 Å². The number of methoxy groups -OCH3 is 1. The summed E-state index contributed by atoms with van der Waals surface area (Å²) in [5.74, 6) is 0.882. The van der Waals surface area contributed by atoms with Crippen LogP contribution in [-0.4, -0.2) is 7.11 Å². The Labute approximate surface area is 79.7 Å². The lowest BCUT2D eigenvalue weighted by Crippen LogP contribution is -2.09. The van der Waals surface area contributed by atoms with Crippen molar-refractivity contribution < 1.29 is 4.74 Å². The molecular weight excluding hydrogens is 162 g/mol. The van der Waals surface area contributed by atoms with Crippen molar-refractivity contribution in [2.45, 2.75) is 25.8 Å². The lowest BCUT2D eigenvalue weighted by molar-refractivity contribution is 0.414. The molecule has 0 aliphatic rings. The maximum absolute atomic E-state index is 5.96. The van der Waals surface area contributed by atoms with Crippen molar-refractivity contribution >= 4 is 0 Å². The molecular formula is C11H17NO.